The molecule has 0 saturated carbocycles. The predicted octanol–water partition coefficient (Wildman–Crippen LogP) is 2.95. The average Bonchev–Trinajstić information content (AvgIpc) is 2.79. The van der Waals surface area contributed by atoms with Crippen molar-refractivity contribution in [3.8, 4) is 0 Å². The van der Waals surface area contributed by atoms with Crippen LogP contribution in [0.1, 0.15) is 26.3 Å². The molecule has 3 heteroatoms. The summed E-state index contributed by atoms with van der Waals surface area (Å²) < 4.78 is 0. The number of hydrogen-bond acceptors (Lipinski definition) is 2. The number of nitrogens with zero attached hydrogens (tertiary/aromatic N) is 2. The summed E-state index contributed by atoms with van der Waals surface area (Å²) >= 11 is 0. The zero-order chi connectivity index (χ0) is 11.6. The van der Waals surface area contributed by atoms with E-state index in [9.17, 15) is 0 Å². The molecule has 0 bridgehead atoms. The van der Waals surface area contributed by atoms with E-state index in [-0.39, 0.29) is 25.6 Å². The second-order valence-electron chi connectivity index (χ2n) is 4.49. The standard InChI is InChI=1S/C14H18N2.Ir/c1-4-15-10-11-16(12-15)14(2,3)13-8-6-5-7-9-13;/h5-8,10-12H,4H2,1-3H3;/q-2;. The third-order valence-electron chi connectivity index (χ3n) is 3.07. The molecule has 0 spiro atoms. The van der Waals surface area contributed by atoms with E-state index in [4.69, 9.17) is 0 Å². The van der Waals surface area contributed by atoms with Crippen LogP contribution in [0.5, 0.6) is 0 Å². The Morgan fingerprint density at radius 3 is 2.59 bits per heavy atom. The Morgan fingerprint density at radius 1 is 1.29 bits per heavy atom. The van der Waals surface area contributed by atoms with Crippen LogP contribution in [-0.4, -0.2) is 16.3 Å². The number of benzene rings is 1. The summed E-state index contributed by atoms with van der Waals surface area (Å²) in [6.45, 7) is 9.70. The van der Waals surface area contributed by atoms with E-state index in [1.54, 1.807) is 0 Å². The summed E-state index contributed by atoms with van der Waals surface area (Å²) in [5.41, 5.74) is 1.15. The van der Waals surface area contributed by atoms with Crippen molar-refractivity contribution in [2.24, 2.45) is 0 Å². The van der Waals surface area contributed by atoms with Gasteiger partial charge in [-0.05, 0) is 32.8 Å². The van der Waals surface area contributed by atoms with Crippen molar-refractivity contribution < 1.29 is 20.1 Å². The molecule has 1 radical (unpaired) electrons. The van der Waals surface area contributed by atoms with E-state index in [0.29, 0.717) is 0 Å². The van der Waals surface area contributed by atoms with Crippen LogP contribution in [0.15, 0.2) is 36.7 Å². The Balaban J connectivity index is 0.00000144. The molecule has 1 aliphatic rings. The molecule has 1 aromatic rings. The van der Waals surface area contributed by atoms with Gasteiger partial charge in [0.1, 0.15) is 0 Å². The molecule has 1 aromatic carbocycles. The Labute approximate surface area is 118 Å². The topological polar surface area (TPSA) is 6.48 Å². The predicted molar refractivity (Wildman–Crippen MR) is 66.0 cm³/mol. The molecule has 1 aliphatic heterocycles. The molecule has 0 aromatic heterocycles. The molecule has 0 aliphatic carbocycles. The van der Waals surface area contributed by atoms with Crippen LogP contribution in [0.4, 0.5) is 0 Å². The first kappa shape index (κ1) is 14.3. The molecule has 0 amide bonds. The quantitative estimate of drug-likeness (QED) is 0.713. The molecule has 95 valence electrons. The smallest absolute Gasteiger partial charge is 0.00991 e. The van der Waals surface area contributed by atoms with E-state index in [1.807, 2.05) is 12.1 Å². The SMILES string of the molecule is CCN1C=CN(C(C)(C)c2[c-]cccc2)[CH-]1.[Ir]. The van der Waals surface area contributed by atoms with Crippen LogP contribution in [0.2, 0.25) is 0 Å². The second kappa shape index (κ2) is 5.70. The van der Waals surface area contributed by atoms with Crippen molar-refractivity contribution in [2.75, 3.05) is 6.54 Å². The summed E-state index contributed by atoms with van der Waals surface area (Å²) in [7, 11) is 0. The van der Waals surface area contributed by atoms with E-state index >= 15 is 0 Å². The maximum Gasteiger partial charge on any atom is 0.00991 e. The van der Waals surface area contributed by atoms with Crippen LogP contribution in [0.3, 0.4) is 0 Å². The largest absolute Gasteiger partial charge is 0.508 e. The Kier molecular flexibility index (Phi) is 4.79. The van der Waals surface area contributed by atoms with Crippen LogP contribution in [0, 0.1) is 12.7 Å². The van der Waals surface area contributed by atoms with Gasteiger partial charge in [-0.3, -0.25) is 0 Å². The molecule has 2 nitrogen and oxygen atoms in total. The van der Waals surface area contributed by atoms with Gasteiger partial charge in [-0.25, -0.2) is 0 Å². The summed E-state index contributed by atoms with van der Waals surface area (Å²) in [5.74, 6) is 0. The molecular weight excluding hydrogens is 388 g/mol. The van der Waals surface area contributed by atoms with Gasteiger partial charge in [0.25, 0.3) is 0 Å². The normalized spacial score (nSPS) is 15.0. The zero-order valence-corrected chi connectivity index (χ0v) is 12.9. The van der Waals surface area contributed by atoms with Gasteiger partial charge >= 0.3 is 0 Å². The summed E-state index contributed by atoms with van der Waals surface area (Å²) in [6, 6.07) is 11.5. The summed E-state index contributed by atoms with van der Waals surface area (Å²) in [4.78, 5) is 4.40. The van der Waals surface area contributed by atoms with Crippen LogP contribution < -0.4 is 0 Å². The maximum atomic E-state index is 3.30. The Hall–Kier alpha value is -0.791. The third kappa shape index (κ3) is 2.91. The number of hydrogen-bond donors (Lipinski definition) is 0. The van der Waals surface area contributed by atoms with E-state index in [0.717, 1.165) is 6.54 Å². The van der Waals surface area contributed by atoms with Gasteiger partial charge in [-0.2, -0.15) is 37.0 Å². The van der Waals surface area contributed by atoms with Gasteiger partial charge < -0.3 is 9.80 Å². The fourth-order valence-corrected chi connectivity index (χ4v) is 1.82. The zero-order valence-electron chi connectivity index (χ0n) is 10.5. The number of rotatable bonds is 3. The van der Waals surface area contributed by atoms with E-state index in [1.165, 1.54) is 5.56 Å². The van der Waals surface area contributed by atoms with Gasteiger partial charge in [0.2, 0.25) is 0 Å². The molecule has 17 heavy (non-hydrogen) atoms. The van der Waals surface area contributed by atoms with Crippen molar-refractivity contribution in [1.82, 2.24) is 9.80 Å². The minimum atomic E-state index is -0.0539. The van der Waals surface area contributed by atoms with Crippen molar-refractivity contribution in [3.05, 3.63) is 55.0 Å². The van der Waals surface area contributed by atoms with Gasteiger partial charge in [0.15, 0.2) is 0 Å². The first-order valence-corrected chi connectivity index (χ1v) is 5.69. The van der Waals surface area contributed by atoms with Crippen LogP contribution in [0.25, 0.3) is 0 Å². The molecular formula is C14H18IrN2-2. The summed E-state index contributed by atoms with van der Waals surface area (Å²) in [6.07, 6.45) is 4.22. The van der Waals surface area contributed by atoms with Crippen molar-refractivity contribution in [3.63, 3.8) is 0 Å². The molecule has 2 rings (SSSR count). The van der Waals surface area contributed by atoms with E-state index in [2.05, 4.69) is 67.8 Å². The minimum absolute atomic E-state index is 0. The molecule has 0 fully saturated rings. The fraction of sp³-hybridized carbons (Fsp3) is 0.357. The van der Waals surface area contributed by atoms with Crippen molar-refractivity contribution in [2.45, 2.75) is 26.3 Å². The minimum Gasteiger partial charge on any atom is -0.508 e. The fourth-order valence-electron chi connectivity index (χ4n) is 1.82. The van der Waals surface area contributed by atoms with Crippen LogP contribution in [-0.2, 0) is 25.6 Å². The van der Waals surface area contributed by atoms with Crippen LogP contribution >= 0.6 is 0 Å². The Morgan fingerprint density at radius 2 is 2.06 bits per heavy atom. The average molecular weight is 407 g/mol. The van der Waals surface area contributed by atoms with Gasteiger partial charge in [-0.1, -0.05) is 6.92 Å². The molecule has 0 unspecified atom stereocenters. The summed E-state index contributed by atoms with van der Waals surface area (Å²) in [5, 5.41) is 0. The van der Waals surface area contributed by atoms with Crippen molar-refractivity contribution >= 4 is 0 Å². The third-order valence-corrected chi connectivity index (χ3v) is 3.07. The van der Waals surface area contributed by atoms with E-state index < -0.39 is 0 Å². The first-order valence-electron chi connectivity index (χ1n) is 5.69. The van der Waals surface area contributed by atoms with Gasteiger partial charge in [-0.15, -0.1) is 5.56 Å². The van der Waals surface area contributed by atoms with Gasteiger partial charge in [0, 0.05) is 25.6 Å². The molecule has 0 atom stereocenters. The second-order valence-corrected chi connectivity index (χ2v) is 4.49. The monoisotopic (exact) mass is 407 g/mol. The maximum absolute atomic E-state index is 3.30. The molecule has 0 N–H and O–H groups in total. The Bertz CT molecular complexity index is 373. The first-order chi connectivity index (χ1) is 7.64. The van der Waals surface area contributed by atoms with Gasteiger partial charge in [0.05, 0.1) is 0 Å². The molecule has 0 saturated heterocycles. The van der Waals surface area contributed by atoms with Crippen molar-refractivity contribution in [1.29, 1.82) is 0 Å². The molecule has 1 heterocycles.